The Morgan fingerprint density at radius 3 is 2.48 bits per heavy atom. The highest BCUT2D eigenvalue weighted by molar-refractivity contribution is 8.00. The second-order valence-electron chi connectivity index (χ2n) is 10.1. The van der Waals surface area contributed by atoms with E-state index in [1.807, 2.05) is 24.3 Å². The summed E-state index contributed by atoms with van der Waals surface area (Å²) in [6.07, 6.45) is 0. The third-order valence-corrected chi connectivity index (χ3v) is 10.1. The molecule has 0 fully saturated rings. The zero-order valence-electron chi connectivity index (χ0n) is 22.1. The number of hydrogen-bond donors (Lipinski definition) is 0. The summed E-state index contributed by atoms with van der Waals surface area (Å²) in [4.78, 5) is 45.4. The van der Waals surface area contributed by atoms with Crippen molar-refractivity contribution in [2.24, 2.45) is 0 Å². The summed E-state index contributed by atoms with van der Waals surface area (Å²) in [5.74, 6) is -0.547. The van der Waals surface area contributed by atoms with E-state index in [2.05, 4.69) is 34.5 Å². The predicted octanol–water partition coefficient (Wildman–Crippen LogP) is 5.97. The Bertz CT molecular complexity index is 2170. The number of fused-ring (bicyclic) bond motifs is 6. The van der Waals surface area contributed by atoms with Crippen LogP contribution in [-0.4, -0.2) is 29.1 Å². The molecule has 8 rings (SSSR count). The standard InChI is InChI=1S/C32H20N4O4S2/c1-35-23-15-6-5-14-22(23)32(29(35)39)25-26(37)21-13-4-7-16-24(21)40-27(25)28(38)36(32)30-33-34-31(42-30)41-17-19-11-8-10-18-9-2-3-12-20(18)19/h2-16H,17H2,1H3. The Kier molecular flexibility index (Phi) is 5.41. The van der Waals surface area contributed by atoms with E-state index in [1.54, 1.807) is 49.5 Å². The highest BCUT2D eigenvalue weighted by atomic mass is 32.2. The summed E-state index contributed by atoms with van der Waals surface area (Å²) < 4.78 is 6.71. The lowest BCUT2D eigenvalue weighted by atomic mass is 9.84. The van der Waals surface area contributed by atoms with E-state index in [1.165, 1.54) is 32.9 Å². The molecule has 0 N–H and O–H groups in total. The van der Waals surface area contributed by atoms with Crippen molar-refractivity contribution in [3.05, 3.63) is 124 Å². The predicted molar refractivity (Wildman–Crippen MR) is 163 cm³/mol. The highest BCUT2D eigenvalue weighted by Gasteiger charge is 2.66. The molecular weight excluding hydrogens is 569 g/mol. The third kappa shape index (κ3) is 3.27. The van der Waals surface area contributed by atoms with E-state index in [0.717, 1.165) is 16.3 Å². The molecule has 4 aromatic carbocycles. The second-order valence-corrected chi connectivity index (χ2v) is 12.3. The number of anilines is 2. The minimum atomic E-state index is -1.76. The summed E-state index contributed by atoms with van der Waals surface area (Å²) in [7, 11) is 1.64. The molecule has 1 atom stereocenters. The van der Waals surface area contributed by atoms with E-state index >= 15 is 0 Å². The van der Waals surface area contributed by atoms with E-state index in [9.17, 15) is 14.4 Å². The number of carbonyl (C=O) groups is 2. The molecule has 1 spiro atoms. The number of amides is 2. The van der Waals surface area contributed by atoms with Crippen LogP contribution in [0.15, 0.2) is 105 Å². The number of aromatic nitrogens is 2. The van der Waals surface area contributed by atoms with Crippen LogP contribution in [0.2, 0.25) is 0 Å². The van der Waals surface area contributed by atoms with Gasteiger partial charge in [0.15, 0.2) is 15.3 Å². The van der Waals surface area contributed by atoms with Gasteiger partial charge in [-0.15, -0.1) is 10.2 Å². The zero-order valence-corrected chi connectivity index (χ0v) is 23.7. The van der Waals surface area contributed by atoms with Crippen molar-refractivity contribution in [3.8, 4) is 0 Å². The first-order valence-corrected chi connectivity index (χ1v) is 15.0. The minimum absolute atomic E-state index is 0.00755. The Hall–Kier alpha value is -4.80. The molecule has 0 aliphatic carbocycles. The number of thioether (sulfide) groups is 1. The summed E-state index contributed by atoms with van der Waals surface area (Å²) in [5, 5.41) is 11.6. The van der Waals surface area contributed by atoms with Gasteiger partial charge in [0.1, 0.15) is 5.58 Å². The summed E-state index contributed by atoms with van der Waals surface area (Å²) >= 11 is 2.71. The molecule has 2 aromatic heterocycles. The first-order valence-electron chi connectivity index (χ1n) is 13.2. The van der Waals surface area contributed by atoms with Crippen molar-refractivity contribution < 1.29 is 14.0 Å². The third-order valence-electron chi connectivity index (χ3n) is 7.98. The molecule has 0 saturated carbocycles. The molecule has 1 unspecified atom stereocenters. The molecule has 8 nitrogen and oxygen atoms in total. The smallest absolute Gasteiger partial charge is 0.297 e. The van der Waals surface area contributed by atoms with Crippen LogP contribution in [0.25, 0.3) is 21.7 Å². The molecule has 2 aliphatic heterocycles. The number of carbonyl (C=O) groups excluding carboxylic acids is 2. The Morgan fingerprint density at radius 2 is 1.60 bits per heavy atom. The van der Waals surface area contributed by atoms with Crippen molar-refractivity contribution >= 4 is 67.5 Å². The molecular formula is C32H20N4O4S2. The van der Waals surface area contributed by atoms with Crippen LogP contribution in [0.4, 0.5) is 10.8 Å². The van der Waals surface area contributed by atoms with E-state index < -0.39 is 22.8 Å². The van der Waals surface area contributed by atoms with E-state index in [0.29, 0.717) is 26.7 Å². The second kappa shape index (κ2) is 9.10. The quantitative estimate of drug-likeness (QED) is 0.185. The molecule has 204 valence electrons. The molecule has 4 heterocycles. The van der Waals surface area contributed by atoms with Gasteiger partial charge in [0, 0.05) is 24.1 Å². The summed E-state index contributed by atoms with van der Waals surface area (Å²) in [6.45, 7) is 0. The zero-order chi connectivity index (χ0) is 28.6. The van der Waals surface area contributed by atoms with Gasteiger partial charge < -0.3 is 9.32 Å². The molecule has 6 aromatic rings. The fraction of sp³-hybridized carbons (Fsp3) is 0.0938. The van der Waals surface area contributed by atoms with Gasteiger partial charge in [-0.25, -0.2) is 0 Å². The molecule has 0 saturated heterocycles. The lowest BCUT2D eigenvalue weighted by Gasteiger charge is -2.31. The molecule has 0 bridgehead atoms. The van der Waals surface area contributed by atoms with E-state index in [-0.39, 0.29) is 22.0 Å². The fourth-order valence-corrected chi connectivity index (χ4v) is 8.02. The van der Waals surface area contributed by atoms with Gasteiger partial charge in [0.2, 0.25) is 10.9 Å². The lowest BCUT2D eigenvalue weighted by Crippen LogP contribution is -2.53. The van der Waals surface area contributed by atoms with Crippen LogP contribution in [0, 0.1) is 0 Å². The van der Waals surface area contributed by atoms with Crippen molar-refractivity contribution in [2.45, 2.75) is 15.6 Å². The maximum Gasteiger partial charge on any atom is 0.297 e. The van der Waals surface area contributed by atoms with E-state index in [4.69, 9.17) is 4.42 Å². The average molecular weight is 589 g/mol. The Labute approximate surface area is 247 Å². The van der Waals surface area contributed by atoms with Crippen LogP contribution < -0.4 is 15.2 Å². The van der Waals surface area contributed by atoms with Crippen molar-refractivity contribution in [1.82, 2.24) is 10.2 Å². The largest absolute Gasteiger partial charge is 0.450 e. The van der Waals surface area contributed by atoms with Crippen LogP contribution in [0.3, 0.4) is 0 Å². The van der Waals surface area contributed by atoms with Crippen LogP contribution >= 0.6 is 23.1 Å². The topological polar surface area (TPSA) is 96.6 Å². The maximum atomic E-state index is 14.3. The van der Waals surface area contributed by atoms with Crippen LogP contribution in [0.1, 0.15) is 27.2 Å². The van der Waals surface area contributed by atoms with Gasteiger partial charge in [-0.2, -0.15) is 0 Å². The number of benzene rings is 4. The Morgan fingerprint density at radius 1 is 0.857 bits per heavy atom. The fourth-order valence-electron chi connectivity index (χ4n) is 6.12. The molecule has 0 radical (unpaired) electrons. The number of hydrogen-bond acceptors (Lipinski definition) is 8. The van der Waals surface area contributed by atoms with Crippen LogP contribution in [-0.2, 0) is 16.1 Å². The summed E-state index contributed by atoms with van der Waals surface area (Å²) in [5.41, 5.74) is 0.383. The maximum absolute atomic E-state index is 14.3. The van der Waals surface area contributed by atoms with Gasteiger partial charge in [-0.3, -0.25) is 19.3 Å². The van der Waals surface area contributed by atoms with Gasteiger partial charge in [-0.05, 0) is 34.5 Å². The van der Waals surface area contributed by atoms with Gasteiger partial charge in [0.05, 0.1) is 10.9 Å². The normalized spacial score (nSPS) is 17.5. The molecule has 42 heavy (non-hydrogen) atoms. The van der Waals surface area contributed by atoms with Gasteiger partial charge >= 0.3 is 0 Å². The molecule has 2 aliphatic rings. The van der Waals surface area contributed by atoms with Gasteiger partial charge in [0.25, 0.3) is 11.8 Å². The average Bonchev–Trinajstić information content (AvgIpc) is 3.65. The number of likely N-dealkylation sites (N-methyl/N-ethyl adjacent to an activating group) is 1. The first kappa shape index (κ1) is 25.0. The monoisotopic (exact) mass is 588 g/mol. The highest BCUT2D eigenvalue weighted by Crippen LogP contribution is 2.54. The Balaban J connectivity index is 1.28. The molecule has 10 heteroatoms. The van der Waals surface area contributed by atoms with Gasteiger partial charge in [-0.1, -0.05) is 95.9 Å². The van der Waals surface area contributed by atoms with Crippen LogP contribution in [0.5, 0.6) is 0 Å². The first-order chi connectivity index (χ1) is 20.5. The van der Waals surface area contributed by atoms with Crippen molar-refractivity contribution in [1.29, 1.82) is 0 Å². The number of nitrogens with zero attached hydrogens (tertiary/aromatic N) is 4. The number of para-hydroxylation sites is 2. The minimum Gasteiger partial charge on any atom is -0.450 e. The summed E-state index contributed by atoms with van der Waals surface area (Å²) in [6, 6.07) is 28.3. The SMILES string of the molecule is CN1C(=O)C2(c3ccccc31)c1c(oc3ccccc3c1=O)C(=O)N2c1nnc(SCc2cccc3ccccc23)s1. The number of rotatable bonds is 4. The van der Waals surface area contributed by atoms with Crippen molar-refractivity contribution in [2.75, 3.05) is 16.8 Å². The lowest BCUT2D eigenvalue weighted by molar-refractivity contribution is -0.121. The molecule has 2 amide bonds. The van der Waals surface area contributed by atoms with Crippen molar-refractivity contribution in [3.63, 3.8) is 0 Å².